The monoisotopic (exact) mass is 361 g/mol. The molecular weight excluding hydrogens is 336 g/mol. The maximum absolute atomic E-state index is 14.3. The minimum absolute atomic E-state index is 0.145. The van der Waals surface area contributed by atoms with Crippen molar-refractivity contribution < 1.29 is 8.78 Å². The van der Waals surface area contributed by atoms with Crippen LogP contribution >= 0.6 is 15.9 Å². The van der Waals surface area contributed by atoms with E-state index >= 15 is 0 Å². The largest absolute Gasteiger partial charge is 0.310 e. The lowest BCUT2D eigenvalue weighted by molar-refractivity contribution is 0.273. The van der Waals surface area contributed by atoms with E-state index < -0.39 is 11.6 Å². The van der Waals surface area contributed by atoms with Crippen LogP contribution in [0.15, 0.2) is 16.6 Å². The summed E-state index contributed by atoms with van der Waals surface area (Å²) in [6, 6.07) is 2.43. The van der Waals surface area contributed by atoms with Crippen LogP contribution in [0.1, 0.15) is 59.1 Å². The molecule has 4 heteroatoms. The first-order valence-electron chi connectivity index (χ1n) is 7.52. The molecule has 0 aliphatic rings. The zero-order valence-corrected chi connectivity index (χ0v) is 15.2. The Morgan fingerprint density at radius 2 is 1.86 bits per heavy atom. The van der Waals surface area contributed by atoms with E-state index in [-0.39, 0.29) is 17.0 Å². The molecule has 0 saturated heterocycles. The number of rotatable bonds is 6. The molecule has 0 aromatic heterocycles. The molecule has 0 spiro atoms. The molecule has 0 saturated carbocycles. The smallest absolute Gasteiger partial charge is 0.145 e. The van der Waals surface area contributed by atoms with Gasteiger partial charge in [-0.1, -0.05) is 34.6 Å². The standard InChI is InChI=1S/C17H26BrF2N/c1-6-21-14(9-11(2)10-17(3,4)5)15-13(19)8-7-12(18)16(15)20/h7-8,11,14,21H,6,9-10H2,1-5H3. The highest BCUT2D eigenvalue weighted by molar-refractivity contribution is 9.10. The van der Waals surface area contributed by atoms with E-state index in [2.05, 4.69) is 48.9 Å². The summed E-state index contributed by atoms with van der Waals surface area (Å²) in [7, 11) is 0. The summed E-state index contributed by atoms with van der Waals surface area (Å²) in [5, 5.41) is 3.22. The lowest BCUT2D eigenvalue weighted by atomic mass is 9.82. The Bertz CT molecular complexity index is 469. The van der Waals surface area contributed by atoms with Crippen molar-refractivity contribution in [2.75, 3.05) is 6.54 Å². The average Bonchev–Trinajstić information content (AvgIpc) is 2.32. The molecule has 0 heterocycles. The van der Waals surface area contributed by atoms with E-state index in [4.69, 9.17) is 0 Å². The molecule has 0 fully saturated rings. The van der Waals surface area contributed by atoms with Crippen LogP contribution in [0.3, 0.4) is 0 Å². The summed E-state index contributed by atoms with van der Waals surface area (Å²) in [6.07, 6.45) is 1.74. The molecule has 120 valence electrons. The molecule has 21 heavy (non-hydrogen) atoms. The summed E-state index contributed by atoms with van der Waals surface area (Å²) in [4.78, 5) is 0. The van der Waals surface area contributed by atoms with E-state index in [9.17, 15) is 8.78 Å². The normalized spacial score (nSPS) is 15.0. The van der Waals surface area contributed by atoms with Crippen molar-refractivity contribution in [3.63, 3.8) is 0 Å². The van der Waals surface area contributed by atoms with E-state index in [1.165, 1.54) is 12.1 Å². The molecule has 2 unspecified atom stereocenters. The van der Waals surface area contributed by atoms with Gasteiger partial charge in [0, 0.05) is 11.6 Å². The van der Waals surface area contributed by atoms with Crippen molar-refractivity contribution in [2.45, 2.75) is 53.5 Å². The molecule has 0 radical (unpaired) electrons. The Labute approximate surface area is 135 Å². The van der Waals surface area contributed by atoms with Gasteiger partial charge in [0.1, 0.15) is 11.6 Å². The zero-order chi connectivity index (χ0) is 16.2. The second kappa shape index (κ2) is 7.68. The van der Waals surface area contributed by atoms with Crippen molar-refractivity contribution in [1.29, 1.82) is 0 Å². The molecule has 2 atom stereocenters. The molecule has 0 aliphatic carbocycles. The van der Waals surface area contributed by atoms with Crippen LogP contribution in [0.4, 0.5) is 8.78 Å². The lowest BCUT2D eigenvalue weighted by Gasteiger charge is -2.28. The predicted octanol–water partition coefficient (Wildman–Crippen LogP) is 5.84. The minimum Gasteiger partial charge on any atom is -0.310 e. The number of halogens is 3. The second-order valence-electron chi connectivity index (χ2n) is 6.97. The number of benzene rings is 1. The van der Waals surface area contributed by atoms with Crippen LogP contribution in [-0.4, -0.2) is 6.54 Å². The highest BCUT2D eigenvalue weighted by Crippen LogP contribution is 2.34. The summed E-state index contributed by atoms with van der Waals surface area (Å²) in [6.45, 7) is 11.3. The molecule has 1 aromatic carbocycles. The number of hydrogen-bond donors (Lipinski definition) is 1. The van der Waals surface area contributed by atoms with Crippen molar-refractivity contribution >= 4 is 15.9 Å². The van der Waals surface area contributed by atoms with E-state index in [1.807, 2.05) is 6.92 Å². The van der Waals surface area contributed by atoms with Gasteiger partial charge in [0.15, 0.2) is 0 Å². The Balaban J connectivity index is 3.00. The first kappa shape index (κ1) is 18.6. The quantitative estimate of drug-likeness (QED) is 0.627. The maximum atomic E-state index is 14.3. The van der Waals surface area contributed by atoms with Gasteiger partial charge in [-0.2, -0.15) is 0 Å². The fourth-order valence-electron chi connectivity index (χ4n) is 2.94. The van der Waals surface area contributed by atoms with Gasteiger partial charge in [-0.05, 0) is 58.8 Å². The minimum atomic E-state index is -0.496. The number of nitrogens with one attached hydrogen (secondary N) is 1. The van der Waals surface area contributed by atoms with Gasteiger partial charge in [0.05, 0.1) is 4.47 Å². The van der Waals surface area contributed by atoms with E-state index in [0.717, 1.165) is 12.8 Å². The Kier molecular flexibility index (Phi) is 6.79. The van der Waals surface area contributed by atoms with Crippen LogP contribution < -0.4 is 5.32 Å². The van der Waals surface area contributed by atoms with Gasteiger partial charge in [-0.25, -0.2) is 8.78 Å². The van der Waals surface area contributed by atoms with Crippen molar-refractivity contribution in [3.05, 3.63) is 33.8 Å². The van der Waals surface area contributed by atoms with Gasteiger partial charge in [0.25, 0.3) is 0 Å². The predicted molar refractivity (Wildman–Crippen MR) is 88.3 cm³/mol. The van der Waals surface area contributed by atoms with Crippen LogP contribution in [0.25, 0.3) is 0 Å². The first-order chi connectivity index (χ1) is 9.65. The lowest BCUT2D eigenvalue weighted by Crippen LogP contribution is -2.26. The molecule has 1 N–H and O–H groups in total. The van der Waals surface area contributed by atoms with E-state index in [0.29, 0.717) is 16.9 Å². The van der Waals surface area contributed by atoms with Gasteiger partial charge in [-0.3, -0.25) is 0 Å². The highest BCUT2D eigenvalue weighted by Gasteiger charge is 2.25. The summed E-state index contributed by atoms with van der Waals surface area (Å²) < 4.78 is 28.7. The third-order valence-corrected chi connectivity index (χ3v) is 4.09. The summed E-state index contributed by atoms with van der Waals surface area (Å²) in [5.41, 5.74) is 0.358. The molecule has 0 aliphatic heterocycles. The molecule has 1 nitrogen and oxygen atoms in total. The topological polar surface area (TPSA) is 12.0 Å². The van der Waals surface area contributed by atoms with Crippen LogP contribution in [0, 0.1) is 23.0 Å². The zero-order valence-electron chi connectivity index (χ0n) is 13.6. The molecule has 1 rings (SSSR count). The summed E-state index contributed by atoms with van der Waals surface area (Å²) >= 11 is 3.15. The molecule has 1 aromatic rings. The van der Waals surface area contributed by atoms with Crippen LogP contribution in [0.2, 0.25) is 0 Å². The van der Waals surface area contributed by atoms with Gasteiger partial charge < -0.3 is 5.32 Å². The van der Waals surface area contributed by atoms with Crippen LogP contribution in [-0.2, 0) is 0 Å². The maximum Gasteiger partial charge on any atom is 0.145 e. The summed E-state index contributed by atoms with van der Waals surface area (Å²) in [5.74, 6) is -0.597. The van der Waals surface area contributed by atoms with E-state index in [1.54, 1.807) is 0 Å². The van der Waals surface area contributed by atoms with Gasteiger partial charge in [0.2, 0.25) is 0 Å². The third-order valence-electron chi connectivity index (χ3n) is 3.48. The fraction of sp³-hybridized carbons (Fsp3) is 0.647. The fourth-order valence-corrected chi connectivity index (χ4v) is 3.29. The Morgan fingerprint density at radius 1 is 1.24 bits per heavy atom. The Hall–Kier alpha value is -0.480. The van der Waals surface area contributed by atoms with Crippen molar-refractivity contribution in [1.82, 2.24) is 5.32 Å². The first-order valence-corrected chi connectivity index (χ1v) is 8.31. The van der Waals surface area contributed by atoms with Crippen molar-refractivity contribution in [3.8, 4) is 0 Å². The molecule has 0 amide bonds. The Morgan fingerprint density at radius 3 is 2.38 bits per heavy atom. The molecule has 0 bridgehead atoms. The van der Waals surface area contributed by atoms with Crippen LogP contribution in [0.5, 0.6) is 0 Å². The molecular formula is C17H26BrF2N. The SMILES string of the molecule is CCNC(CC(C)CC(C)(C)C)c1c(F)ccc(Br)c1F. The van der Waals surface area contributed by atoms with Crippen molar-refractivity contribution in [2.24, 2.45) is 11.3 Å². The highest BCUT2D eigenvalue weighted by atomic mass is 79.9. The van der Waals surface area contributed by atoms with Gasteiger partial charge >= 0.3 is 0 Å². The average molecular weight is 362 g/mol. The third kappa shape index (κ3) is 5.67. The second-order valence-corrected chi connectivity index (χ2v) is 7.83. The number of hydrogen-bond acceptors (Lipinski definition) is 1. The van der Waals surface area contributed by atoms with Gasteiger partial charge in [-0.15, -0.1) is 0 Å².